The number of hydrogen-bond donors (Lipinski definition) is 0. The molecular weight excluding hydrogens is 641 g/mol. The van der Waals surface area contributed by atoms with Gasteiger partial charge in [0, 0.05) is 36.5 Å². The first kappa shape index (κ1) is 36.5. The van der Waals surface area contributed by atoms with Crippen LogP contribution in [0.5, 0.6) is 17.2 Å². The van der Waals surface area contributed by atoms with Crippen molar-refractivity contribution in [1.29, 1.82) is 0 Å². The summed E-state index contributed by atoms with van der Waals surface area (Å²) in [6.45, 7) is 7.51. The lowest BCUT2D eigenvalue weighted by Gasteiger charge is -2.45. The Hall–Kier alpha value is -4.79. The van der Waals surface area contributed by atoms with E-state index >= 15 is 0 Å². The summed E-state index contributed by atoms with van der Waals surface area (Å²) >= 11 is 1.77. The number of ether oxygens (including phenoxy) is 3. The van der Waals surface area contributed by atoms with E-state index in [2.05, 4.69) is 146 Å². The Kier molecular flexibility index (Phi) is 12.2. The molecule has 0 aliphatic carbocycles. The van der Waals surface area contributed by atoms with Gasteiger partial charge in [-0.15, -0.1) is 0 Å². The third-order valence-corrected chi connectivity index (χ3v) is 10.2. The van der Waals surface area contributed by atoms with Gasteiger partial charge in [-0.3, -0.25) is 4.90 Å². The Morgan fingerprint density at radius 1 is 0.840 bits per heavy atom. The Morgan fingerprint density at radius 2 is 1.54 bits per heavy atom. The van der Waals surface area contributed by atoms with Crippen molar-refractivity contribution in [3.63, 3.8) is 0 Å². The van der Waals surface area contributed by atoms with Crippen LogP contribution in [0.1, 0.15) is 37.8 Å². The minimum absolute atomic E-state index is 0.185. The topological polar surface area (TPSA) is 41.3 Å². The molecule has 7 nitrogen and oxygen atoms in total. The molecule has 0 saturated heterocycles. The summed E-state index contributed by atoms with van der Waals surface area (Å²) in [6, 6.07) is 31.7. The standard InChI is InChI=1S/C42H51N4O3S/c1-10-39(43(4)5)46(30(2)3)40(45(29-31-17-12-11-13-18-31)33-19-14-20-34(28-33)47-7)23-16-24-41-44(6)35-26-25-32(27-38(35)50-41)42-36(48-8)21-15-22-37(42)49-9/h11-28,30,39H,10,29H2,1-9H3/q+1. The van der Waals surface area contributed by atoms with E-state index in [1.165, 1.54) is 15.8 Å². The number of hydrogen-bond acceptors (Lipinski definition) is 7. The molecule has 0 aliphatic heterocycles. The van der Waals surface area contributed by atoms with Crippen molar-refractivity contribution in [1.82, 2.24) is 9.80 Å². The number of thiazole rings is 1. The molecule has 1 heterocycles. The number of rotatable bonds is 15. The third kappa shape index (κ3) is 7.98. The molecule has 0 amide bonds. The number of allylic oxidation sites excluding steroid dienone is 2. The van der Waals surface area contributed by atoms with Gasteiger partial charge < -0.3 is 24.0 Å². The van der Waals surface area contributed by atoms with Crippen molar-refractivity contribution in [2.75, 3.05) is 40.3 Å². The molecule has 5 aromatic rings. The van der Waals surface area contributed by atoms with Crippen LogP contribution in [0.2, 0.25) is 0 Å². The van der Waals surface area contributed by atoms with Crippen LogP contribution in [0.3, 0.4) is 0 Å². The number of anilines is 1. The van der Waals surface area contributed by atoms with Crippen LogP contribution >= 0.6 is 11.3 Å². The molecular formula is C42H51N4O3S+. The number of aromatic nitrogens is 1. The van der Waals surface area contributed by atoms with Crippen molar-refractivity contribution in [2.24, 2.45) is 7.05 Å². The first-order valence-electron chi connectivity index (χ1n) is 17.1. The predicted molar refractivity (Wildman–Crippen MR) is 209 cm³/mol. The Morgan fingerprint density at radius 3 is 2.16 bits per heavy atom. The molecule has 4 aromatic carbocycles. The SMILES string of the molecule is CCC(N(C)C)N(/C(=C/C=Cc1sc2cc(-c3c(OC)cccc3OC)ccc2[n+]1C)N(Cc1ccccc1)c1cccc(OC)c1)C(C)C. The molecule has 8 heteroatoms. The summed E-state index contributed by atoms with van der Waals surface area (Å²) in [6.07, 6.45) is 7.83. The van der Waals surface area contributed by atoms with Crippen LogP contribution in [0.25, 0.3) is 27.4 Å². The number of aryl methyl sites for hydroxylation is 1. The first-order valence-corrected chi connectivity index (χ1v) is 17.9. The third-order valence-electron chi connectivity index (χ3n) is 9.00. The van der Waals surface area contributed by atoms with Gasteiger partial charge in [-0.25, -0.2) is 0 Å². The maximum atomic E-state index is 5.72. The Labute approximate surface area is 302 Å². The highest BCUT2D eigenvalue weighted by Crippen LogP contribution is 2.40. The van der Waals surface area contributed by atoms with E-state index in [1.807, 2.05) is 24.3 Å². The van der Waals surface area contributed by atoms with Gasteiger partial charge in [0.2, 0.25) is 5.52 Å². The van der Waals surface area contributed by atoms with Gasteiger partial charge in [0.15, 0.2) is 0 Å². The van der Waals surface area contributed by atoms with Gasteiger partial charge in [0.05, 0.1) is 33.1 Å². The summed E-state index contributed by atoms with van der Waals surface area (Å²) in [4.78, 5) is 7.25. The van der Waals surface area contributed by atoms with Crippen LogP contribution in [0.4, 0.5) is 5.69 Å². The van der Waals surface area contributed by atoms with Crippen LogP contribution < -0.4 is 23.7 Å². The van der Waals surface area contributed by atoms with Crippen LogP contribution in [0, 0.1) is 0 Å². The van der Waals surface area contributed by atoms with E-state index in [0.717, 1.165) is 51.3 Å². The van der Waals surface area contributed by atoms with Crippen molar-refractivity contribution in [2.45, 2.75) is 45.9 Å². The highest BCUT2D eigenvalue weighted by Gasteiger charge is 2.28. The van der Waals surface area contributed by atoms with E-state index in [-0.39, 0.29) is 12.2 Å². The van der Waals surface area contributed by atoms with E-state index in [0.29, 0.717) is 6.54 Å². The van der Waals surface area contributed by atoms with Crippen LogP contribution in [-0.4, -0.2) is 57.4 Å². The van der Waals surface area contributed by atoms with Crippen LogP contribution in [0.15, 0.2) is 109 Å². The second-order valence-corrected chi connectivity index (χ2v) is 13.8. The number of methoxy groups -OCH3 is 3. The summed E-state index contributed by atoms with van der Waals surface area (Å²) in [5, 5.41) is 1.14. The van der Waals surface area contributed by atoms with Crippen molar-refractivity contribution in [3.8, 4) is 28.4 Å². The van der Waals surface area contributed by atoms with Crippen molar-refractivity contribution in [3.05, 3.63) is 120 Å². The van der Waals surface area contributed by atoms with Crippen molar-refractivity contribution >= 4 is 33.3 Å². The maximum Gasteiger partial charge on any atom is 0.262 e. The Balaban J connectivity index is 1.63. The van der Waals surface area contributed by atoms with Gasteiger partial charge in [-0.1, -0.05) is 66.8 Å². The van der Waals surface area contributed by atoms with Gasteiger partial charge in [0.25, 0.3) is 5.01 Å². The van der Waals surface area contributed by atoms with Crippen LogP contribution in [-0.2, 0) is 13.6 Å². The molecule has 0 radical (unpaired) electrons. The molecule has 262 valence electrons. The molecule has 1 atom stereocenters. The smallest absolute Gasteiger partial charge is 0.262 e. The first-order chi connectivity index (χ1) is 24.2. The molecule has 0 bridgehead atoms. The molecule has 0 saturated carbocycles. The predicted octanol–water partition coefficient (Wildman–Crippen LogP) is 8.99. The number of nitrogens with zero attached hydrogens (tertiary/aromatic N) is 4. The molecule has 0 spiro atoms. The molecule has 1 aromatic heterocycles. The highest BCUT2D eigenvalue weighted by molar-refractivity contribution is 7.18. The quantitative estimate of drug-likeness (QED) is 0.0621. The number of fused-ring (bicyclic) bond motifs is 1. The normalized spacial score (nSPS) is 12.6. The van der Waals surface area contributed by atoms with Gasteiger partial charge in [-0.05, 0) is 88.0 Å². The van der Waals surface area contributed by atoms with E-state index in [9.17, 15) is 0 Å². The summed E-state index contributed by atoms with van der Waals surface area (Å²) < 4.78 is 20.6. The lowest BCUT2D eigenvalue weighted by Crippen LogP contribution is -2.51. The zero-order valence-corrected chi connectivity index (χ0v) is 31.7. The van der Waals surface area contributed by atoms with Crippen molar-refractivity contribution < 1.29 is 18.8 Å². The fraction of sp³-hybridized carbons (Fsp3) is 0.310. The molecule has 5 rings (SSSR count). The fourth-order valence-electron chi connectivity index (χ4n) is 6.56. The maximum absolute atomic E-state index is 5.72. The average molecular weight is 692 g/mol. The lowest BCUT2D eigenvalue weighted by atomic mass is 10.0. The minimum atomic E-state index is 0.185. The average Bonchev–Trinajstić information content (AvgIpc) is 3.45. The van der Waals surface area contributed by atoms with E-state index in [4.69, 9.17) is 14.2 Å². The van der Waals surface area contributed by atoms with E-state index < -0.39 is 0 Å². The van der Waals surface area contributed by atoms with E-state index in [1.54, 1.807) is 32.7 Å². The summed E-state index contributed by atoms with van der Waals surface area (Å²) in [5.74, 6) is 3.52. The molecule has 50 heavy (non-hydrogen) atoms. The second kappa shape index (κ2) is 16.7. The monoisotopic (exact) mass is 691 g/mol. The largest absolute Gasteiger partial charge is 0.497 e. The summed E-state index contributed by atoms with van der Waals surface area (Å²) in [5.41, 5.74) is 5.48. The van der Waals surface area contributed by atoms with Gasteiger partial charge in [-0.2, -0.15) is 4.57 Å². The Bertz CT molecular complexity index is 1910. The summed E-state index contributed by atoms with van der Waals surface area (Å²) in [7, 11) is 11.6. The molecule has 0 aliphatic rings. The molecule has 0 fully saturated rings. The zero-order chi connectivity index (χ0) is 35.8. The zero-order valence-electron chi connectivity index (χ0n) is 30.9. The fourth-order valence-corrected chi connectivity index (χ4v) is 7.67. The number of benzene rings is 4. The lowest BCUT2D eigenvalue weighted by molar-refractivity contribution is -0.642. The van der Waals surface area contributed by atoms with Gasteiger partial charge in [0.1, 0.15) is 34.8 Å². The highest BCUT2D eigenvalue weighted by atomic mass is 32.1. The molecule has 0 N–H and O–H groups in total. The van der Waals surface area contributed by atoms with Gasteiger partial charge >= 0.3 is 0 Å². The second-order valence-electron chi connectivity index (χ2n) is 12.7. The minimum Gasteiger partial charge on any atom is -0.497 e. The molecule has 1 unspecified atom stereocenters.